The zero-order valence-corrected chi connectivity index (χ0v) is 13.3. The van der Waals surface area contributed by atoms with E-state index >= 15 is 0 Å². The summed E-state index contributed by atoms with van der Waals surface area (Å²) in [6.45, 7) is 4.27. The van der Waals surface area contributed by atoms with Gasteiger partial charge in [-0.3, -0.25) is 14.4 Å². The van der Waals surface area contributed by atoms with E-state index < -0.39 is 0 Å². The standard InChI is InChI=1S/C15H27N5O/c1-4-13(16)15(12-9-17-19(3)10-12)18(2)11-14(21)20-7-5-6-8-20/h9-10,13,15H,4-8,11,16H2,1-3H3. The van der Waals surface area contributed by atoms with Crippen molar-refractivity contribution in [2.75, 3.05) is 26.7 Å². The SMILES string of the molecule is CCC(N)C(c1cnn(C)c1)N(C)CC(=O)N1CCCC1. The molecule has 118 valence electrons. The van der Waals surface area contributed by atoms with Crippen molar-refractivity contribution in [3.8, 4) is 0 Å². The van der Waals surface area contributed by atoms with Crippen molar-refractivity contribution < 1.29 is 4.79 Å². The van der Waals surface area contributed by atoms with Gasteiger partial charge in [0.15, 0.2) is 0 Å². The zero-order valence-electron chi connectivity index (χ0n) is 13.3. The number of hydrogen-bond acceptors (Lipinski definition) is 4. The summed E-state index contributed by atoms with van der Waals surface area (Å²) >= 11 is 0. The fraction of sp³-hybridized carbons (Fsp3) is 0.733. The molecule has 2 N–H and O–H groups in total. The highest BCUT2D eigenvalue weighted by Crippen LogP contribution is 2.23. The van der Waals surface area contributed by atoms with Crippen LogP contribution in [-0.2, 0) is 11.8 Å². The van der Waals surface area contributed by atoms with E-state index in [1.54, 1.807) is 4.68 Å². The molecule has 1 aliphatic rings. The Labute approximate surface area is 126 Å². The lowest BCUT2D eigenvalue weighted by molar-refractivity contribution is -0.131. The second-order valence-electron chi connectivity index (χ2n) is 5.97. The molecule has 0 bridgehead atoms. The molecule has 1 fully saturated rings. The molecule has 1 aromatic heterocycles. The molecular formula is C15H27N5O. The summed E-state index contributed by atoms with van der Waals surface area (Å²) in [5, 5.41) is 4.23. The van der Waals surface area contributed by atoms with E-state index in [1.165, 1.54) is 0 Å². The third-order valence-corrected chi connectivity index (χ3v) is 4.26. The number of carbonyl (C=O) groups excluding carboxylic acids is 1. The second-order valence-corrected chi connectivity index (χ2v) is 5.97. The minimum Gasteiger partial charge on any atom is -0.342 e. The predicted molar refractivity (Wildman–Crippen MR) is 82.7 cm³/mol. The molecule has 2 rings (SSSR count). The van der Waals surface area contributed by atoms with E-state index in [0.717, 1.165) is 37.9 Å². The monoisotopic (exact) mass is 293 g/mol. The third kappa shape index (κ3) is 3.83. The molecule has 1 aromatic rings. The Morgan fingerprint density at radius 2 is 2.14 bits per heavy atom. The van der Waals surface area contributed by atoms with Gasteiger partial charge in [-0.1, -0.05) is 6.92 Å². The lowest BCUT2D eigenvalue weighted by atomic mass is 9.99. The Bertz CT molecular complexity index is 466. The maximum absolute atomic E-state index is 12.3. The lowest BCUT2D eigenvalue weighted by Crippen LogP contribution is -2.44. The summed E-state index contributed by atoms with van der Waals surface area (Å²) in [5.74, 6) is 0.201. The normalized spacial score (nSPS) is 18.2. The average Bonchev–Trinajstić information content (AvgIpc) is 3.10. The molecule has 2 unspecified atom stereocenters. The van der Waals surface area contributed by atoms with E-state index in [0.29, 0.717) is 6.54 Å². The molecule has 0 aliphatic carbocycles. The summed E-state index contributed by atoms with van der Waals surface area (Å²) in [7, 11) is 3.87. The van der Waals surface area contributed by atoms with E-state index in [9.17, 15) is 4.79 Å². The topological polar surface area (TPSA) is 67.4 Å². The molecule has 1 amide bonds. The van der Waals surface area contributed by atoms with Crippen LogP contribution in [0, 0.1) is 0 Å². The number of likely N-dealkylation sites (tertiary alicyclic amines) is 1. The van der Waals surface area contributed by atoms with Crippen molar-refractivity contribution in [1.29, 1.82) is 0 Å². The summed E-state index contributed by atoms with van der Waals surface area (Å²) in [4.78, 5) is 16.3. The molecule has 6 nitrogen and oxygen atoms in total. The first-order chi connectivity index (χ1) is 10.0. The zero-order chi connectivity index (χ0) is 15.4. The number of amides is 1. The van der Waals surface area contributed by atoms with Gasteiger partial charge in [-0.25, -0.2) is 0 Å². The molecule has 0 saturated carbocycles. The molecule has 2 heterocycles. The highest BCUT2D eigenvalue weighted by Gasteiger charge is 2.27. The van der Waals surface area contributed by atoms with Crippen LogP contribution in [0.4, 0.5) is 0 Å². The summed E-state index contributed by atoms with van der Waals surface area (Å²) in [5.41, 5.74) is 7.36. The Hall–Kier alpha value is -1.40. The van der Waals surface area contributed by atoms with Crippen LogP contribution in [0.3, 0.4) is 0 Å². The van der Waals surface area contributed by atoms with Gasteiger partial charge in [0.1, 0.15) is 0 Å². The van der Waals surface area contributed by atoms with Gasteiger partial charge >= 0.3 is 0 Å². The largest absolute Gasteiger partial charge is 0.342 e. The molecule has 2 atom stereocenters. The Morgan fingerprint density at radius 1 is 1.48 bits per heavy atom. The van der Waals surface area contributed by atoms with Gasteiger partial charge in [0.2, 0.25) is 5.91 Å². The first-order valence-electron chi connectivity index (χ1n) is 7.75. The molecule has 0 radical (unpaired) electrons. The van der Waals surface area contributed by atoms with Crippen molar-refractivity contribution in [1.82, 2.24) is 19.6 Å². The van der Waals surface area contributed by atoms with E-state index in [1.807, 2.05) is 31.4 Å². The van der Waals surface area contributed by atoms with Crippen LogP contribution < -0.4 is 5.73 Å². The van der Waals surface area contributed by atoms with Crippen LogP contribution >= 0.6 is 0 Å². The highest BCUT2D eigenvalue weighted by atomic mass is 16.2. The van der Waals surface area contributed by atoms with Crippen LogP contribution in [0.2, 0.25) is 0 Å². The fourth-order valence-electron chi connectivity index (χ4n) is 3.02. The Balaban J connectivity index is 2.07. The molecule has 6 heteroatoms. The maximum atomic E-state index is 12.3. The van der Waals surface area contributed by atoms with Crippen LogP contribution in [0.5, 0.6) is 0 Å². The van der Waals surface area contributed by atoms with Gasteiger partial charge in [0.05, 0.1) is 18.8 Å². The second kappa shape index (κ2) is 7.04. The molecule has 1 aliphatic heterocycles. The van der Waals surface area contributed by atoms with Gasteiger partial charge in [-0.2, -0.15) is 5.10 Å². The molecule has 21 heavy (non-hydrogen) atoms. The van der Waals surface area contributed by atoms with Crippen molar-refractivity contribution in [2.24, 2.45) is 12.8 Å². The number of nitrogens with zero attached hydrogens (tertiary/aromatic N) is 4. The number of hydrogen-bond donors (Lipinski definition) is 1. The van der Waals surface area contributed by atoms with E-state index in [-0.39, 0.29) is 18.0 Å². The fourth-order valence-corrected chi connectivity index (χ4v) is 3.02. The molecule has 0 spiro atoms. The summed E-state index contributed by atoms with van der Waals surface area (Å²) < 4.78 is 1.78. The first-order valence-corrected chi connectivity index (χ1v) is 7.75. The van der Waals surface area contributed by atoms with Crippen LogP contribution in [0.15, 0.2) is 12.4 Å². The number of likely N-dealkylation sites (N-methyl/N-ethyl adjacent to an activating group) is 1. The number of aryl methyl sites for hydroxylation is 1. The minimum absolute atomic E-state index is 0.00872. The Morgan fingerprint density at radius 3 is 2.67 bits per heavy atom. The van der Waals surface area contributed by atoms with Crippen molar-refractivity contribution >= 4 is 5.91 Å². The molecule has 0 aromatic carbocycles. The van der Waals surface area contributed by atoms with Crippen LogP contribution in [0.25, 0.3) is 0 Å². The van der Waals surface area contributed by atoms with Crippen LogP contribution in [0.1, 0.15) is 37.8 Å². The smallest absolute Gasteiger partial charge is 0.236 e. The number of rotatable bonds is 6. The maximum Gasteiger partial charge on any atom is 0.236 e. The van der Waals surface area contributed by atoms with Gasteiger partial charge in [0, 0.05) is 37.9 Å². The summed E-state index contributed by atoms with van der Waals surface area (Å²) in [6, 6.07) is 0.0147. The first kappa shape index (κ1) is 16.0. The number of carbonyl (C=O) groups is 1. The summed E-state index contributed by atoms with van der Waals surface area (Å²) in [6.07, 6.45) is 6.93. The van der Waals surface area contributed by atoms with Gasteiger partial charge in [-0.15, -0.1) is 0 Å². The number of aromatic nitrogens is 2. The van der Waals surface area contributed by atoms with Gasteiger partial charge in [-0.05, 0) is 26.3 Å². The van der Waals surface area contributed by atoms with Gasteiger partial charge in [0.25, 0.3) is 0 Å². The minimum atomic E-state index is -0.00872. The molecular weight excluding hydrogens is 266 g/mol. The average molecular weight is 293 g/mol. The van der Waals surface area contributed by atoms with Crippen LogP contribution in [-0.4, -0.2) is 58.2 Å². The Kier molecular flexibility index (Phi) is 5.36. The third-order valence-electron chi connectivity index (χ3n) is 4.26. The quantitative estimate of drug-likeness (QED) is 0.840. The molecule has 1 saturated heterocycles. The van der Waals surface area contributed by atoms with E-state index in [2.05, 4.69) is 16.9 Å². The van der Waals surface area contributed by atoms with Crippen molar-refractivity contribution in [2.45, 2.75) is 38.3 Å². The van der Waals surface area contributed by atoms with Crippen molar-refractivity contribution in [3.05, 3.63) is 18.0 Å². The van der Waals surface area contributed by atoms with Crippen molar-refractivity contribution in [3.63, 3.8) is 0 Å². The lowest BCUT2D eigenvalue weighted by Gasteiger charge is -2.32. The van der Waals surface area contributed by atoms with E-state index in [4.69, 9.17) is 5.73 Å². The number of nitrogens with two attached hydrogens (primary N) is 1. The predicted octanol–water partition coefficient (Wildman–Crippen LogP) is 0.753. The highest BCUT2D eigenvalue weighted by molar-refractivity contribution is 5.78. The van der Waals surface area contributed by atoms with Gasteiger partial charge < -0.3 is 10.6 Å².